The van der Waals surface area contributed by atoms with Crippen molar-refractivity contribution in [2.24, 2.45) is 11.8 Å². The Balaban J connectivity index is 2.69. The molecule has 5 heteroatoms. The lowest BCUT2D eigenvalue weighted by atomic mass is 9.92. The fraction of sp³-hybridized carbons (Fsp3) is 0.857. The number of carbonyl (C=O) groups is 2. The Kier molecular flexibility index (Phi) is 5.63. The number of nitrogens with zero attached hydrogens (tertiary/aromatic N) is 2. The molecule has 0 saturated carbocycles. The van der Waals surface area contributed by atoms with Crippen molar-refractivity contribution >= 4 is 12.0 Å². The van der Waals surface area contributed by atoms with Gasteiger partial charge < -0.3 is 14.9 Å². The lowest BCUT2D eigenvalue weighted by Crippen LogP contribution is -2.52. The third kappa shape index (κ3) is 3.85. The molecule has 0 spiro atoms. The normalized spacial score (nSPS) is 24.9. The average molecular weight is 270 g/mol. The molecule has 1 aliphatic rings. The van der Waals surface area contributed by atoms with E-state index in [1.807, 2.05) is 11.8 Å². The monoisotopic (exact) mass is 270 g/mol. The van der Waals surface area contributed by atoms with Crippen LogP contribution in [0.5, 0.6) is 0 Å². The maximum Gasteiger partial charge on any atom is 0.320 e. The second-order valence-corrected chi connectivity index (χ2v) is 5.61. The molecule has 1 rings (SSSR count). The van der Waals surface area contributed by atoms with Crippen LogP contribution < -0.4 is 0 Å². The van der Waals surface area contributed by atoms with Gasteiger partial charge in [0.05, 0.1) is 5.92 Å². The van der Waals surface area contributed by atoms with Crippen molar-refractivity contribution in [1.82, 2.24) is 9.80 Å². The fourth-order valence-corrected chi connectivity index (χ4v) is 2.54. The van der Waals surface area contributed by atoms with Gasteiger partial charge >= 0.3 is 12.0 Å². The third-order valence-corrected chi connectivity index (χ3v) is 4.19. The second kappa shape index (κ2) is 6.78. The molecule has 3 atom stereocenters. The predicted octanol–water partition coefficient (Wildman–Crippen LogP) is 2.27. The topological polar surface area (TPSA) is 60.9 Å². The molecule has 0 aromatic carbocycles. The minimum absolute atomic E-state index is 0.0188. The van der Waals surface area contributed by atoms with Gasteiger partial charge in [0.15, 0.2) is 0 Å². The number of carboxylic acid groups (broad SMARTS) is 1. The number of carbonyl (C=O) groups excluding carboxylic acids is 1. The van der Waals surface area contributed by atoms with Gasteiger partial charge in [0.25, 0.3) is 0 Å². The van der Waals surface area contributed by atoms with E-state index in [2.05, 4.69) is 13.8 Å². The number of piperidine rings is 1. The van der Waals surface area contributed by atoms with Crippen molar-refractivity contribution in [3.8, 4) is 0 Å². The summed E-state index contributed by atoms with van der Waals surface area (Å²) in [6, 6.07) is 0.213. The summed E-state index contributed by atoms with van der Waals surface area (Å²) in [5.74, 6) is -0.874. The number of hydrogen-bond donors (Lipinski definition) is 1. The molecule has 2 amide bonds. The Morgan fingerprint density at radius 3 is 2.58 bits per heavy atom. The van der Waals surface area contributed by atoms with E-state index in [0.717, 1.165) is 19.4 Å². The van der Waals surface area contributed by atoms with E-state index < -0.39 is 11.9 Å². The Morgan fingerprint density at radius 1 is 1.42 bits per heavy atom. The quantitative estimate of drug-likeness (QED) is 0.852. The highest BCUT2D eigenvalue weighted by Crippen LogP contribution is 2.24. The molecule has 0 aromatic heterocycles. The van der Waals surface area contributed by atoms with Crippen LogP contribution in [0.1, 0.15) is 40.5 Å². The predicted molar refractivity (Wildman–Crippen MR) is 74.0 cm³/mol. The molecule has 1 fully saturated rings. The summed E-state index contributed by atoms with van der Waals surface area (Å²) in [5, 5.41) is 8.96. The van der Waals surface area contributed by atoms with Gasteiger partial charge in [-0.1, -0.05) is 13.8 Å². The summed E-state index contributed by atoms with van der Waals surface area (Å²) in [4.78, 5) is 27.0. The van der Waals surface area contributed by atoms with Crippen LogP contribution in [0.15, 0.2) is 0 Å². The lowest BCUT2D eigenvalue weighted by molar-refractivity contribution is -0.141. The number of hydrogen-bond acceptors (Lipinski definition) is 2. The maximum absolute atomic E-state index is 12.5. The van der Waals surface area contributed by atoms with Crippen molar-refractivity contribution in [3.63, 3.8) is 0 Å². The zero-order chi connectivity index (χ0) is 14.6. The van der Waals surface area contributed by atoms with E-state index in [0.29, 0.717) is 12.5 Å². The van der Waals surface area contributed by atoms with Crippen LogP contribution in [-0.4, -0.2) is 52.6 Å². The van der Waals surface area contributed by atoms with Crippen molar-refractivity contribution in [3.05, 3.63) is 0 Å². The van der Waals surface area contributed by atoms with Crippen LogP contribution in [-0.2, 0) is 4.79 Å². The molecule has 0 aliphatic carbocycles. The molecule has 110 valence electrons. The lowest BCUT2D eigenvalue weighted by Gasteiger charge is -2.40. The van der Waals surface area contributed by atoms with Gasteiger partial charge in [-0.3, -0.25) is 4.79 Å². The molecule has 3 unspecified atom stereocenters. The molecular weight excluding hydrogens is 244 g/mol. The van der Waals surface area contributed by atoms with Gasteiger partial charge in [0.1, 0.15) is 0 Å². The van der Waals surface area contributed by atoms with E-state index in [-0.39, 0.29) is 18.6 Å². The van der Waals surface area contributed by atoms with E-state index >= 15 is 0 Å². The first-order valence-corrected chi connectivity index (χ1v) is 7.16. The van der Waals surface area contributed by atoms with Crippen molar-refractivity contribution in [2.75, 3.05) is 19.6 Å². The summed E-state index contributed by atoms with van der Waals surface area (Å²) in [7, 11) is 0. The van der Waals surface area contributed by atoms with Crippen LogP contribution in [0.4, 0.5) is 4.79 Å². The van der Waals surface area contributed by atoms with E-state index in [4.69, 9.17) is 5.11 Å². The smallest absolute Gasteiger partial charge is 0.320 e. The Bertz CT molecular complexity index is 333. The largest absolute Gasteiger partial charge is 0.481 e. The first-order valence-electron chi connectivity index (χ1n) is 7.16. The summed E-state index contributed by atoms with van der Waals surface area (Å²) >= 11 is 0. The van der Waals surface area contributed by atoms with Crippen molar-refractivity contribution in [1.29, 1.82) is 0 Å². The van der Waals surface area contributed by atoms with E-state index in [1.165, 1.54) is 0 Å². The molecular formula is C14H26N2O3. The van der Waals surface area contributed by atoms with Crippen molar-refractivity contribution in [2.45, 2.75) is 46.6 Å². The van der Waals surface area contributed by atoms with Gasteiger partial charge in [-0.05, 0) is 32.6 Å². The van der Waals surface area contributed by atoms with Crippen LogP contribution in [0.25, 0.3) is 0 Å². The number of likely N-dealkylation sites (tertiary alicyclic amines) is 1. The number of amides is 2. The minimum atomic E-state index is -0.855. The third-order valence-electron chi connectivity index (χ3n) is 4.19. The molecule has 5 nitrogen and oxygen atoms in total. The highest BCUT2D eigenvalue weighted by atomic mass is 16.4. The Labute approximate surface area is 115 Å². The fourth-order valence-electron chi connectivity index (χ4n) is 2.54. The van der Waals surface area contributed by atoms with Gasteiger partial charge in [-0.2, -0.15) is 0 Å². The summed E-state index contributed by atoms with van der Waals surface area (Å²) in [6.45, 7) is 9.39. The van der Waals surface area contributed by atoms with E-state index in [9.17, 15) is 9.59 Å². The van der Waals surface area contributed by atoms with Crippen molar-refractivity contribution < 1.29 is 14.7 Å². The molecule has 19 heavy (non-hydrogen) atoms. The first kappa shape index (κ1) is 15.8. The molecule has 0 aromatic rings. The van der Waals surface area contributed by atoms with Gasteiger partial charge in [-0.15, -0.1) is 0 Å². The van der Waals surface area contributed by atoms with Crippen LogP contribution >= 0.6 is 0 Å². The Hall–Kier alpha value is -1.26. The Morgan fingerprint density at radius 2 is 2.05 bits per heavy atom. The summed E-state index contributed by atoms with van der Waals surface area (Å²) in [5.41, 5.74) is 0. The van der Waals surface area contributed by atoms with Crippen LogP contribution in [0.2, 0.25) is 0 Å². The number of rotatable bonds is 4. The second-order valence-electron chi connectivity index (χ2n) is 5.61. The highest BCUT2D eigenvalue weighted by Gasteiger charge is 2.31. The summed E-state index contributed by atoms with van der Waals surface area (Å²) < 4.78 is 0. The standard InChI is InChI=1S/C14H26N2O3/c1-5-15(9-11(3)13(17)18)14(19)16-8-6-7-10(2)12(16)4/h10-12H,5-9H2,1-4H3,(H,17,18). The van der Waals surface area contributed by atoms with Crippen LogP contribution in [0.3, 0.4) is 0 Å². The average Bonchev–Trinajstić information content (AvgIpc) is 2.38. The molecule has 1 aliphatic heterocycles. The first-order chi connectivity index (χ1) is 8.88. The van der Waals surface area contributed by atoms with Crippen LogP contribution in [0, 0.1) is 11.8 Å². The minimum Gasteiger partial charge on any atom is -0.481 e. The van der Waals surface area contributed by atoms with Gasteiger partial charge in [0, 0.05) is 25.7 Å². The van der Waals surface area contributed by atoms with E-state index in [1.54, 1.807) is 11.8 Å². The zero-order valence-electron chi connectivity index (χ0n) is 12.4. The summed E-state index contributed by atoms with van der Waals surface area (Å²) in [6.07, 6.45) is 2.19. The molecule has 1 heterocycles. The molecule has 0 bridgehead atoms. The van der Waals surface area contributed by atoms with Gasteiger partial charge in [-0.25, -0.2) is 4.79 Å². The number of carboxylic acids is 1. The number of aliphatic carboxylic acids is 1. The SMILES string of the molecule is CCN(CC(C)C(=O)O)C(=O)N1CCCC(C)C1C. The molecule has 1 N–H and O–H groups in total. The zero-order valence-corrected chi connectivity index (χ0v) is 12.4. The number of urea groups is 1. The molecule has 1 saturated heterocycles. The van der Waals surface area contributed by atoms with Gasteiger partial charge in [0.2, 0.25) is 0 Å². The highest BCUT2D eigenvalue weighted by molar-refractivity contribution is 5.76. The molecule has 0 radical (unpaired) electrons. The maximum atomic E-state index is 12.5.